The fourth-order valence-corrected chi connectivity index (χ4v) is 3.17. The second-order valence-electron chi connectivity index (χ2n) is 6.40. The second kappa shape index (κ2) is 8.38. The number of carbonyl (C=O) groups is 2. The fraction of sp³-hybridized carbons (Fsp3) is 0.278. The number of anilines is 2. The van der Waals surface area contributed by atoms with Gasteiger partial charge in [0.05, 0.1) is 21.3 Å². The maximum absolute atomic E-state index is 12.8. The van der Waals surface area contributed by atoms with Crippen LogP contribution in [-0.2, 0) is 4.79 Å². The lowest BCUT2D eigenvalue weighted by Gasteiger charge is -2.30. The number of amides is 2. The first kappa shape index (κ1) is 21.1. The number of alkyl halides is 2. The van der Waals surface area contributed by atoms with Crippen molar-refractivity contribution in [2.45, 2.75) is 26.6 Å². The molecule has 1 aliphatic rings. The van der Waals surface area contributed by atoms with Crippen LogP contribution in [0.25, 0.3) is 0 Å². The van der Waals surface area contributed by atoms with E-state index in [0.29, 0.717) is 0 Å². The molecule has 0 saturated carbocycles. The summed E-state index contributed by atoms with van der Waals surface area (Å²) >= 11 is 12.0. The molecule has 29 heavy (non-hydrogen) atoms. The van der Waals surface area contributed by atoms with Gasteiger partial charge in [-0.1, -0.05) is 37.0 Å². The van der Waals surface area contributed by atoms with Crippen LogP contribution in [0.3, 0.4) is 0 Å². The van der Waals surface area contributed by atoms with Crippen molar-refractivity contribution in [3.05, 3.63) is 40.1 Å². The van der Waals surface area contributed by atoms with Gasteiger partial charge < -0.3 is 20.1 Å². The van der Waals surface area contributed by atoms with Crippen LogP contribution < -0.4 is 20.1 Å². The van der Waals surface area contributed by atoms with E-state index in [1.165, 1.54) is 18.5 Å². The number of rotatable bonds is 5. The van der Waals surface area contributed by atoms with Crippen molar-refractivity contribution >= 4 is 46.4 Å². The van der Waals surface area contributed by atoms with E-state index in [1.54, 1.807) is 13.8 Å². The molecule has 0 radical (unpaired) electrons. The Morgan fingerprint density at radius 1 is 1.28 bits per heavy atom. The molecule has 2 amide bonds. The van der Waals surface area contributed by atoms with Gasteiger partial charge in [-0.3, -0.25) is 14.6 Å². The van der Waals surface area contributed by atoms with Crippen LogP contribution in [0.5, 0.6) is 11.5 Å². The Bertz CT molecular complexity index is 952. The van der Waals surface area contributed by atoms with Crippen molar-refractivity contribution < 1.29 is 27.8 Å². The predicted molar refractivity (Wildman–Crippen MR) is 103 cm³/mol. The standard InChI is InChI=1S/C18H15Cl2F2N3O4/c1-7(2)14-17(27)24-12-8(3-4-11(15(12)29-14)28-18(21)22)16(26)25-13-9(19)5-23-6-10(13)20/h3-7,14,18H,1-2H3,(H,24,27)(H,23,25,26)/t14-/m1/s1. The summed E-state index contributed by atoms with van der Waals surface area (Å²) in [7, 11) is 0. The van der Waals surface area contributed by atoms with Crippen molar-refractivity contribution in [2.24, 2.45) is 5.92 Å². The van der Waals surface area contributed by atoms with Gasteiger partial charge in [0.15, 0.2) is 17.6 Å². The third-order valence-electron chi connectivity index (χ3n) is 4.03. The van der Waals surface area contributed by atoms with Crippen molar-refractivity contribution in [2.75, 3.05) is 10.6 Å². The largest absolute Gasteiger partial charge is 0.474 e. The Morgan fingerprint density at radius 3 is 2.52 bits per heavy atom. The van der Waals surface area contributed by atoms with Gasteiger partial charge in [-0.05, 0) is 18.1 Å². The van der Waals surface area contributed by atoms with Crippen molar-refractivity contribution in [1.82, 2.24) is 4.98 Å². The number of pyridine rings is 1. The highest BCUT2D eigenvalue weighted by Crippen LogP contribution is 2.43. The van der Waals surface area contributed by atoms with Crippen LogP contribution in [-0.4, -0.2) is 29.5 Å². The van der Waals surface area contributed by atoms with Crippen LogP contribution in [0.15, 0.2) is 24.5 Å². The van der Waals surface area contributed by atoms with E-state index >= 15 is 0 Å². The van der Waals surface area contributed by atoms with Crippen LogP contribution in [0.4, 0.5) is 20.2 Å². The molecule has 2 heterocycles. The van der Waals surface area contributed by atoms with Crippen molar-refractivity contribution in [1.29, 1.82) is 0 Å². The molecular formula is C18H15Cl2F2N3O4. The SMILES string of the molecule is CC(C)[C@H]1Oc2c(OC(F)F)ccc(C(=O)Nc3c(Cl)cncc3Cl)c2NC1=O. The number of ether oxygens (including phenoxy) is 2. The maximum atomic E-state index is 12.8. The summed E-state index contributed by atoms with van der Waals surface area (Å²) in [5.41, 5.74) is -0.0388. The van der Waals surface area contributed by atoms with E-state index in [1.807, 2.05) is 0 Å². The van der Waals surface area contributed by atoms with Gasteiger partial charge in [-0.15, -0.1) is 0 Å². The highest BCUT2D eigenvalue weighted by Gasteiger charge is 2.35. The zero-order valence-corrected chi connectivity index (χ0v) is 16.6. The Labute approximate surface area is 174 Å². The van der Waals surface area contributed by atoms with Gasteiger partial charge in [0, 0.05) is 12.4 Å². The first-order valence-corrected chi connectivity index (χ1v) is 9.14. The van der Waals surface area contributed by atoms with Crippen LogP contribution in [0.1, 0.15) is 24.2 Å². The molecule has 0 saturated heterocycles. The second-order valence-corrected chi connectivity index (χ2v) is 7.21. The molecule has 2 aromatic rings. The predicted octanol–water partition coefficient (Wildman–Crippen LogP) is 4.60. The fourth-order valence-electron chi connectivity index (χ4n) is 2.71. The summed E-state index contributed by atoms with van der Waals surface area (Å²) < 4.78 is 35.6. The molecule has 0 fully saturated rings. The van der Waals surface area contributed by atoms with E-state index < -0.39 is 24.5 Å². The molecule has 154 valence electrons. The molecule has 0 bridgehead atoms. The van der Waals surface area contributed by atoms with Gasteiger partial charge in [-0.25, -0.2) is 0 Å². The van der Waals surface area contributed by atoms with Gasteiger partial charge >= 0.3 is 6.61 Å². The summed E-state index contributed by atoms with van der Waals surface area (Å²) in [6, 6.07) is 2.37. The number of fused-ring (bicyclic) bond motifs is 1. The molecule has 0 unspecified atom stereocenters. The quantitative estimate of drug-likeness (QED) is 0.701. The van der Waals surface area contributed by atoms with Gasteiger partial charge in [-0.2, -0.15) is 8.78 Å². The van der Waals surface area contributed by atoms with Gasteiger partial charge in [0.2, 0.25) is 0 Å². The number of aromatic nitrogens is 1. The highest BCUT2D eigenvalue weighted by molar-refractivity contribution is 6.39. The number of benzene rings is 1. The maximum Gasteiger partial charge on any atom is 0.387 e. The van der Waals surface area contributed by atoms with Crippen LogP contribution in [0, 0.1) is 5.92 Å². The number of nitrogens with zero attached hydrogens (tertiary/aromatic N) is 1. The van der Waals surface area contributed by atoms with Crippen molar-refractivity contribution in [3.8, 4) is 11.5 Å². The minimum Gasteiger partial charge on any atom is -0.474 e. The van der Waals surface area contributed by atoms with Gasteiger partial charge in [0.25, 0.3) is 11.8 Å². The molecule has 1 aromatic carbocycles. The molecule has 2 N–H and O–H groups in total. The first-order chi connectivity index (χ1) is 13.7. The molecule has 0 spiro atoms. The van der Waals surface area contributed by atoms with E-state index in [2.05, 4.69) is 20.4 Å². The zero-order chi connectivity index (χ0) is 21.3. The summed E-state index contributed by atoms with van der Waals surface area (Å²) in [6.45, 7) is 0.340. The summed E-state index contributed by atoms with van der Waals surface area (Å²) in [6.07, 6.45) is 1.64. The van der Waals surface area contributed by atoms with Crippen LogP contribution >= 0.6 is 23.2 Å². The Kier molecular flexibility index (Phi) is 6.09. The first-order valence-electron chi connectivity index (χ1n) is 8.38. The molecule has 3 rings (SSSR count). The van der Waals surface area contributed by atoms with Gasteiger partial charge in [0.1, 0.15) is 5.69 Å². The van der Waals surface area contributed by atoms with Crippen molar-refractivity contribution in [3.63, 3.8) is 0 Å². The third kappa shape index (κ3) is 4.35. The Hall–Kier alpha value is -2.65. The smallest absolute Gasteiger partial charge is 0.387 e. The number of nitrogens with one attached hydrogen (secondary N) is 2. The molecule has 1 aromatic heterocycles. The average molecular weight is 446 g/mol. The molecular weight excluding hydrogens is 431 g/mol. The molecule has 7 nitrogen and oxygen atoms in total. The number of hydrogen-bond donors (Lipinski definition) is 2. The van der Waals surface area contributed by atoms with E-state index in [4.69, 9.17) is 27.9 Å². The monoisotopic (exact) mass is 445 g/mol. The van der Waals surface area contributed by atoms with Crippen LogP contribution in [0.2, 0.25) is 10.0 Å². The molecule has 0 aliphatic carbocycles. The minimum atomic E-state index is -3.12. The lowest BCUT2D eigenvalue weighted by molar-refractivity contribution is -0.125. The Balaban J connectivity index is 2.03. The number of hydrogen-bond acceptors (Lipinski definition) is 5. The topological polar surface area (TPSA) is 89.6 Å². The number of halogens is 4. The van der Waals surface area contributed by atoms with E-state index in [-0.39, 0.29) is 44.4 Å². The minimum absolute atomic E-state index is 0.0545. The zero-order valence-electron chi connectivity index (χ0n) is 15.1. The molecule has 11 heteroatoms. The Morgan fingerprint density at radius 2 is 1.93 bits per heavy atom. The third-order valence-corrected chi connectivity index (χ3v) is 4.60. The summed E-state index contributed by atoms with van der Waals surface area (Å²) in [5.74, 6) is -1.95. The molecule has 1 aliphatic heterocycles. The van der Waals surface area contributed by atoms with E-state index in [0.717, 1.165) is 6.07 Å². The average Bonchev–Trinajstić information content (AvgIpc) is 2.63. The number of carbonyl (C=O) groups excluding carboxylic acids is 2. The van der Waals surface area contributed by atoms with E-state index in [9.17, 15) is 18.4 Å². The normalized spacial score (nSPS) is 15.6. The molecule has 1 atom stereocenters. The summed E-state index contributed by atoms with van der Waals surface area (Å²) in [5, 5.41) is 5.25. The lowest BCUT2D eigenvalue weighted by atomic mass is 10.0. The summed E-state index contributed by atoms with van der Waals surface area (Å²) in [4.78, 5) is 29.0. The highest BCUT2D eigenvalue weighted by atomic mass is 35.5. The lowest BCUT2D eigenvalue weighted by Crippen LogP contribution is -2.41.